The first-order valence-corrected chi connectivity index (χ1v) is 6.99. The van der Waals surface area contributed by atoms with E-state index in [9.17, 15) is 9.18 Å². The summed E-state index contributed by atoms with van der Waals surface area (Å²) in [6.45, 7) is 6.93. The second kappa shape index (κ2) is 7.22. The number of aromatic carboxylic acids is 1. The minimum atomic E-state index is -1.28. The van der Waals surface area contributed by atoms with Crippen LogP contribution in [-0.4, -0.2) is 22.6 Å². The lowest BCUT2D eigenvalue weighted by Crippen LogP contribution is -2.24. The summed E-state index contributed by atoms with van der Waals surface area (Å²) in [5.74, 6) is -2.08. The Balaban J connectivity index is 2.65. The van der Waals surface area contributed by atoms with Gasteiger partial charge in [-0.3, -0.25) is 0 Å². The molecule has 1 aromatic rings. The van der Waals surface area contributed by atoms with Gasteiger partial charge in [0.05, 0.1) is 0 Å². The number of unbranched alkanes of at least 4 members (excludes halogenated alkanes) is 2. The zero-order chi connectivity index (χ0) is 15.2. The first-order valence-electron chi connectivity index (χ1n) is 6.99. The molecule has 0 bridgehead atoms. The van der Waals surface area contributed by atoms with Crippen LogP contribution in [0.3, 0.4) is 0 Å². The van der Waals surface area contributed by atoms with E-state index in [-0.39, 0.29) is 16.8 Å². The van der Waals surface area contributed by atoms with E-state index in [4.69, 9.17) is 5.11 Å². The Bertz CT molecular complexity index is 461. The number of carbonyl (C=O) groups is 1. The second-order valence-electron chi connectivity index (χ2n) is 5.80. The standard InChI is InChI=1S/C15H23FN2O2/c1-4-5-6-8-15(2,3)10-18-13-12(16)11(14(19)20)7-9-17-13/h7,9H,4-6,8,10H2,1-3H3,(H,17,18)(H,19,20). The molecule has 0 aliphatic carbocycles. The van der Waals surface area contributed by atoms with Gasteiger partial charge in [0.25, 0.3) is 0 Å². The maximum atomic E-state index is 13.9. The van der Waals surface area contributed by atoms with Gasteiger partial charge in [0.1, 0.15) is 5.56 Å². The fraction of sp³-hybridized carbons (Fsp3) is 0.600. The molecule has 0 aliphatic rings. The number of carboxylic acid groups (broad SMARTS) is 1. The predicted molar refractivity (Wildman–Crippen MR) is 77.6 cm³/mol. The molecule has 112 valence electrons. The molecule has 0 unspecified atom stereocenters. The Morgan fingerprint density at radius 1 is 1.45 bits per heavy atom. The van der Waals surface area contributed by atoms with Crippen molar-refractivity contribution in [2.24, 2.45) is 5.41 Å². The van der Waals surface area contributed by atoms with Crippen molar-refractivity contribution < 1.29 is 14.3 Å². The van der Waals surface area contributed by atoms with Gasteiger partial charge in [-0.25, -0.2) is 14.2 Å². The zero-order valence-corrected chi connectivity index (χ0v) is 12.4. The topological polar surface area (TPSA) is 62.2 Å². The number of rotatable bonds is 8. The van der Waals surface area contributed by atoms with Crippen molar-refractivity contribution in [1.29, 1.82) is 0 Å². The van der Waals surface area contributed by atoms with E-state index in [2.05, 4.69) is 31.1 Å². The van der Waals surface area contributed by atoms with Crippen molar-refractivity contribution in [2.45, 2.75) is 46.5 Å². The van der Waals surface area contributed by atoms with Gasteiger partial charge in [-0.2, -0.15) is 0 Å². The Hall–Kier alpha value is -1.65. The average molecular weight is 282 g/mol. The maximum Gasteiger partial charge on any atom is 0.338 e. The Labute approximate surface area is 119 Å². The molecule has 0 saturated heterocycles. The molecule has 2 N–H and O–H groups in total. The molecule has 0 aliphatic heterocycles. The smallest absolute Gasteiger partial charge is 0.338 e. The number of hydrogen-bond acceptors (Lipinski definition) is 3. The van der Waals surface area contributed by atoms with Crippen molar-refractivity contribution in [3.05, 3.63) is 23.6 Å². The van der Waals surface area contributed by atoms with Crippen LogP contribution in [0.15, 0.2) is 12.3 Å². The fourth-order valence-corrected chi connectivity index (χ4v) is 2.00. The van der Waals surface area contributed by atoms with E-state index in [1.54, 1.807) is 0 Å². The minimum absolute atomic E-state index is 0.00784. The van der Waals surface area contributed by atoms with E-state index >= 15 is 0 Å². The van der Waals surface area contributed by atoms with Gasteiger partial charge in [-0.15, -0.1) is 0 Å². The van der Waals surface area contributed by atoms with Crippen LogP contribution in [0.5, 0.6) is 0 Å². The maximum absolute atomic E-state index is 13.9. The molecule has 0 fully saturated rings. The zero-order valence-electron chi connectivity index (χ0n) is 12.4. The van der Waals surface area contributed by atoms with Gasteiger partial charge < -0.3 is 10.4 Å². The van der Waals surface area contributed by atoms with E-state index in [0.717, 1.165) is 18.9 Å². The second-order valence-corrected chi connectivity index (χ2v) is 5.80. The van der Waals surface area contributed by atoms with Crippen LogP contribution >= 0.6 is 0 Å². The Morgan fingerprint density at radius 3 is 2.75 bits per heavy atom. The molecule has 0 atom stereocenters. The van der Waals surface area contributed by atoms with Crippen LogP contribution in [0.4, 0.5) is 10.2 Å². The number of carboxylic acids is 1. The first-order chi connectivity index (χ1) is 9.37. The summed E-state index contributed by atoms with van der Waals surface area (Å²) < 4.78 is 13.9. The molecule has 0 saturated carbocycles. The van der Waals surface area contributed by atoms with Gasteiger partial charge >= 0.3 is 5.97 Å². The molecule has 1 rings (SSSR count). The third-order valence-electron chi connectivity index (χ3n) is 3.31. The lowest BCUT2D eigenvalue weighted by Gasteiger charge is -2.25. The average Bonchev–Trinajstić information content (AvgIpc) is 2.37. The van der Waals surface area contributed by atoms with Gasteiger partial charge in [-0.1, -0.05) is 40.0 Å². The number of aromatic nitrogens is 1. The van der Waals surface area contributed by atoms with Crippen molar-refractivity contribution in [3.63, 3.8) is 0 Å². The highest BCUT2D eigenvalue weighted by Crippen LogP contribution is 2.25. The molecule has 5 heteroatoms. The normalized spacial score (nSPS) is 11.4. The lowest BCUT2D eigenvalue weighted by molar-refractivity contribution is 0.0692. The Morgan fingerprint density at radius 2 is 2.15 bits per heavy atom. The van der Waals surface area contributed by atoms with E-state index in [1.165, 1.54) is 19.0 Å². The molecular formula is C15H23FN2O2. The van der Waals surface area contributed by atoms with Crippen LogP contribution in [-0.2, 0) is 0 Å². The molecule has 1 heterocycles. The number of halogens is 1. The summed E-state index contributed by atoms with van der Waals surface area (Å²) in [7, 11) is 0. The number of hydrogen-bond donors (Lipinski definition) is 2. The fourth-order valence-electron chi connectivity index (χ4n) is 2.00. The molecule has 4 nitrogen and oxygen atoms in total. The predicted octanol–water partition coefficient (Wildman–Crippen LogP) is 3.94. The van der Waals surface area contributed by atoms with Crippen LogP contribution in [0.2, 0.25) is 0 Å². The number of pyridine rings is 1. The highest BCUT2D eigenvalue weighted by atomic mass is 19.1. The molecule has 0 radical (unpaired) electrons. The quantitative estimate of drug-likeness (QED) is 0.709. The third-order valence-corrected chi connectivity index (χ3v) is 3.31. The molecule has 0 spiro atoms. The van der Waals surface area contributed by atoms with E-state index in [0.29, 0.717) is 6.54 Å². The van der Waals surface area contributed by atoms with Crippen LogP contribution in [0.1, 0.15) is 56.8 Å². The van der Waals surface area contributed by atoms with Crippen LogP contribution in [0.25, 0.3) is 0 Å². The first kappa shape index (κ1) is 16.4. The van der Waals surface area contributed by atoms with Gasteiger partial charge in [0.15, 0.2) is 11.6 Å². The van der Waals surface area contributed by atoms with Gasteiger partial charge in [-0.05, 0) is 17.9 Å². The van der Waals surface area contributed by atoms with Gasteiger partial charge in [0, 0.05) is 12.7 Å². The summed E-state index contributed by atoms with van der Waals surface area (Å²) in [6.07, 6.45) is 5.83. The third kappa shape index (κ3) is 4.79. The van der Waals surface area contributed by atoms with E-state index < -0.39 is 11.8 Å². The summed E-state index contributed by atoms with van der Waals surface area (Å²) in [4.78, 5) is 14.7. The van der Waals surface area contributed by atoms with Crippen LogP contribution < -0.4 is 5.32 Å². The molecule has 0 aromatic carbocycles. The number of nitrogens with one attached hydrogen (secondary N) is 1. The van der Waals surface area contributed by atoms with Crippen molar-refractivity contribution >= 4 is 11.8 Å². The largest absolute Gasteiger partial charge is 0.478 e. The lowest BCUT2D eigenvalue weighted by atomic mass is 9.87. The highest BCUT2D eigenvalue weighted by Gasteiger charge is 2.20. The molecule has 20 heavy (non-hydrogen) atoms. The summed E-state index contributed by atoms with van der Waals surface area (Å²) in [5, 5.41) is 11.8. The molecule has 0 amide bonds. The minimum Gasteiger partial charge on any atom is -0.478 e. The van der Waals surface area contributed by atoms with Crippen LogP contribution in [0, 0.1) is 11.2 Å². The molecular weight excluding hydrogens is 259 g/mol. The summed E-state index contributed by atoms with van der Waals surface area (Å²) in [6, 6.07) is 1.16. The number of anilines is 1. The van der Waals surface area contributed by atoms with Gasteiger partial charge in [0.2, 0.25) is 0 Å². The highest BCUT2D eigenvalue weighted by molar-refractivity contribution is 5.88. The van der Waals surface area contributed by atoms with Crippen molar-refractivity contribution in [2.75, 3.05) is 11.9 Å². The van der Waals surface area contributed by atoms with Crippen molar-refractivity contribution in [3.8, 4) is 0 Å². The monoisotopic (exact) mass is 282 g/mol. The SMILES string of the molecule is CCCCCC(C)(C)CNc1nccc(C(=O)O)c1F. The van der Waals surface area contributed by atoms with E-state index in [1.807, 2.05) is 0 Å². The number of nitrogens with zero attached hydrogens (tertiary/aromatic N) is 1. The molecule has 1 aromatic heterocycles. The summed E-state index contributed by atoms with van der Waals surface area (Å²) in [5.41, 5.74) is -0.339. The summed E-state index contributed by atoms with van der Waals surface area (Å²) >= 11 is 0. The Kier molecular flexibility index (Phi) is 5.92. The van der Waals surface area contributed by atoms with Crippen molar-refractivity contribution in [1.82, 2.24) is 4.98 Å².